The van der Waals surface area contributed by atoms with Crippen LogP contribution >= 0.6 is 0 Å². The topological polar surface area (TPSA) is 49.8 Å². The third kappa shape index (κ3) is 3.24. The number of methoxy groups -OCH3 is 1. The summed E-state index contributed by atoms with van der Waals surface area (Å²) in [5.74, 6) is -0.181. The zero-order valence-electron chi connectivity index (χ0n) is 12.5. The van der Waals surface area contributed by atoms with Crippen molar-refractivity contribution in [3.63, 3.8) is 0 Å². The van der Waals surface area contributed by atoms with Crippen molar-refractivity contribution < 1.29 is 14.6 Å². The van der Waals surface area contributed by atoms with Crippen molar-refractivity contribution >= 4 is 11.7 Å². The summed E-state index contributed by atoms with van der Waals surface area (Å²) < 4.78 is 5.23. The predicted molar refractivity (Wildman–Crippen MR) is 79.8 cm³/mol. The fourth-order valence-corrected chi connectivity index (χ4v) is 2.74. The van der Waals surface area contributed by atoms with Crippen molar-refractivity contribution in [2.45, 2.75) is 33.1 Å². The number of hydrogen-bond donors (Lipinski definition) is 1. The maximum absolute atomic E-state index is 11.4. The number of aromatic carboxylic acids is 1. The summed E-state index contributed by atoms with van der Waals surface area (Å²) in [7, 11) is 1.60. The number of carbonyl (C=O) groups is 1. The van der Waals surface area contributed by atoms with Gasteiger partial charge in [0, 0.05) is 19.2 Å². The Hall–Kier alpha value is -1.71. The third-order valence-electron chi connectivity index (χ3n) is 4.12. The van der Waals surface area contributed by atoms with E-state index in [0.717, 1.165) is 31.6 Å². The van der Waals surface area contributed by atoms with Crippen LogP contribution in [0.1, 0.15) is 43.5 Å². The second-order valence-electron chi connectivity index (χ2n) is 6.19. The first-order valence-electron chi connectivity index (χ1n) is 7.09. The molecule has 0 amide bonds. The van der Waals surface area contributed by atoms with Gasteiger partial charge in [0.15, 0.2) is 0 Å². The zero-order valence-corrected chi connectivity index (χ0v) is 12.5. The quantitative estimate of drug-likeness (QED) is 0.920. The second-order valence-corrected chi connectivity index (χ2v) is 6.19. The summed E-state index contributed by atoms with van der Waals surface area (Å²) in [4.78, 5) is 13.6. The molecule has 20 heavy (non-hydrogen) atoms. The smallest absolute Gasteiger partial charge is 0.337 e. The molecule has 0 saturated carbocycles. The molecule has 0 aliphatic carbocycles. The van der Waals surface area contributed by atoms with Gasteiger partial charge in [0.1, 0.15) is 5.75 Å². The first kappa shape index (κ1) is 14.7. The molecule has 0 radical (unpaired) electrons. The third-order valence-corrected chi connectivity index (χ3v) is 4.12. The molecule has 1 saturated heterocycles. The lowest BCUT2D eigenvalue weighted by atomic mass is 9.85. The van der Waals surface area contributed by atoms with E-state index < -0.39 is 5.97 Å². The molecule has 0 aromatic heterocycles. The number of nitrogens with zero attached hydrogens (tertiary/aromatic N) is 1. The molecule has 1 N–H and O–H groups in total. The van der Waals surface area contributed by atoms with E-state index in [1.807, 2.05) is 6.07 Å². The molecule has 1 heterocycles. The molecule has 110 valence electrons. The highest BCUT2D eigenvalue weighted by molar-refractivity contribution is 5.94. The van der Waals surface area contributed by atoms with Gasteiger partial charge in [-0.25, -0.2) is 4.79 Å². The molecule has 1 fully saturated rings. The van der Waals surface area contributed by atoms with Gasteiger partial charge in [-0.05, 0) is 36.8 Å². The number of carboxylic acid groups (broad SMARTS) is 1. The minimum absolute atomic E-state index is 0.330. The van der Waals surface area contributed by atoms with Crippen LogP contribution in [0.15, 0.2) is 18.2 Å². The van der Waals surface area contributed by atoms with Gasteiger partial charge < -0.3 is 14.7 Å². The molecular formula is C16H23NO3. The van der Waals surface area contributed by atoms with Crippen LogP contribution in [0.2, 0.25) is 0 Å². The van der Waals surface area contributed by atoms with Gasteiger partial charge in [-0.15, -0.1) is 0 Å². The van der Waals surface area contributed by atoms with E-state index >= 15 is 0 Å². The highest BCUT2D eigenvalue weighted by Gasteiger charge is 2.25. The number of ether oxygens (including phenoxy) is 1. The average molecular weight is 277 g/mol. The van der Waals surface area contributed by atoms with Gasteiger partial charge in [-0.1, -0.05) is 13.8 Å². The van der Waals surface area contributed by atoms with Crippen LogP contribution in [0.5, 0.6) is 5.75 Å². The lowest BCUT2D eigenvalue weighted by Crippen LogP contribution is -2.26. The van der Waals surface area contributed by atoms with Gasteiger partial charge >= 0.3 is 5.97 Å². The largest absolute Gasteiger partial charge is 0.497 e. The van der Waals surface area contributed by atoms with E-state index in [-0.39, 0.29) is 0 Å². The summed E-state index contributed by atoms with van der Waals surface area (Å²) in [5, 5.41) is 9.37. The standard InChI is InChI=1S/C16H23NO3/c1-16(2)7-4-9-17(10-8-16)14-11-12(20-3)5-6-13(14)15(18)19/h5-6,11H,4,7-10H2,1-3H3,(H,18,19). The van der Waals surface area contributed by atoms with Crippen LogP contribution in [0.4, 0.5) is 5.69 Å². The van der Waals surface area contributed by atoms with Crippen molar-refractivity contribution in [1.82, 2.24) is 0 Å². The van der Waals surface area contributed by atoms with E-state index in [2.05, 4.69) is 18.7 Å². The minimum Gasteiger partial charge on any atom is -0.497 e. The highest BCUT2D eigenvalue weighted by Crippen LogP contribution is 2.34. The summed E-state index contributed by atoms with van der Waals surface area (Å²) in [5.41, 5.74) is 1.46. The van der Waals surface area contributed by atoms with Gasteiger partial charge in [0.2, 0.25) is 0 Å². The van der Waals surface area contributed by atoms with Crippen LogP contribution in [0.3, 0.4) is 0 Å². The molecule has 4 heteroatoms. The first-order valence-corrected chi connectivity index (χ1v) is 7.09. The number of anilines is 1. The Balaban J connectivity index is 2.32. The van der Waals surface area contributed by atoms with Crippen LogP contribution < -0.4 is 9.64 Å². The van der Waals surface area contributed by atoms with Gasteiger partial charge in [-0.3, -0.25) is 0 Å². The fraction of sp³-hybridized carbons (Fsp3) is 0.562. The molecule has 1 aromatic carbocycles. The predicted octanol–water partition coefficient (Wildman–Crippen LogP) is 3.41. The van der Waals surface area contributed by atoms with Crippen molar-refractivity contribution in [1.29, 1.82) is 0 Å². The van der Waals surface area contributed by atoms with Gasteiger partial charge in [0.05, 0.1) is 18.4 Å². The SMILES string of the molecule is COc1ccc(C(=O)O)c(N2CCCC(C)(C)CC2)c1. The number of hydrogen-bond acceptors (Lipinski definition) is 3. The normalized spacial score (nSPS) is 18.4. The lowest BCUT2D eigenvalue weighted by Gasteiger charge is -2.26. The van der Waals surface area contributed by atoms with E-state index in [4.69, 9.17) is 4.74 Å². The highest BCUT2D eigenvalue weighted by atomic mass is 16.5. The van der Waals surface area contributed by atoms with E-state index in [9.17, 15) is 9.90 Å². The molecule has 0 atom stereocenters. The summed E-state index contributed by atoms with van der Waals surface area (Å²) >= 11 is 0. The summed E-state index contributed by atoms with van der Waals surface area (Å²) in [6.45, 7) is 6.34. The molecule has 0 unspecified atom stereocenters. The molecular weight excluding hydrogens is 254 g/mol. The molecule has 2 rings (SSSR count). The van der Waals surface area contributed by atoms with Crippen molar-refractivity contribution in [2.75, 3.05) is 25.1 Å². The molecule has 1 aromatic rings. The van der Waals surface area contributed by atoms with Crippen LogP contribution in [-0.4, -0.2) is 31.3 Å². The molecule has 1 aliphatic rings. The van der Waals surface area contributed by atoms with E-state index in [0.29, 0.717) is 16.7 Å². The zero-order chi connectivity index (χ0) is 14.8. The summed E-state index contributed by atoms with van der Waals surface area (Å²) in [6.07, 6.45) is 3.34. The minimum atomic E-state index is -0.883. The maximum atomic E-state index is 11.4. The second kappa shape index (κ2) is 5.73. The van der Waals surface area contributed by atoms with Crippen molar-refractivity contribution in [2.24, 2.45) is 5.41 Å². The molecule has 1 aliphatic heterocycles. The van der Waals surface area contributed by atoms with E-state index in [1.54, 1.807) is 19.2 Å². The first-order chi connectivity index (χ1) is 9.43. The Bertz CT molecular complexity index is 496. The molecule has 4 nitrogen and oxygen atoms in total. The Morgan fingerprint density at radius 2 is 2.05 bits per heavy atom. The Kier molecular flexibility index (Phi) is 4.21. The van der Waals surface area contributed by atoms with Crippen LogP contribution in [-0.2, 0) is 0 Å². The average Bonchev–Trinajstić information content (AvgIpc) is 2.58. The number of rotatable bonds is 3. The molecule has 0 bridgehead atoms. The van der Waals surface area contributed by atoms with Crippen molar-refractivity contribution in [3.8, 4) is 5.75 Å². The summed E-state index contributed by atoms with van der Waals surface area (Å²) in [6, 6.07) is 5.17. The Labute approximate surface area is 120 Å². The van der Waals surface area contributed by atoms with Gasteiger partial charge in [-0.2, -0.15) is 0 Å². The monoisotopic (exact) mass is 277 g/mol. The Morgan fingerprint density at radius 1 is 1.30 bits per heavy atom. The number of benzene rings is 1. The number of carboxylic acids is 1. The maximum Gasteiger partial charge on any atom is 0.337 e. The van der Waals surface area contributed by atoms with E-state index in [1.165, 1.54) is 6.42 Å². The van der Waals surface area contributed by atoms with Gasteiger partial charge in [0.25, 0.3) is 0 Å². The van der Waals surface area contributed by atoms with Crippen LogP contribution in [0.25, 0.3) is 0 Å². The lowest BCUT2D eigenvalue weighted by molar-refractivity contribution is 0.0697. The fourth-order valence-electron chi connectivity index (χ4n) is 2.74. The van der Waals surface area contributed by atoms with Crippen LogP contribution in [0, 0.1) is 5.41 Å². The Morgan fingerprint density at radius 3 is 2.70 bits per heavy atom. The molecule has 0 spiro atoms. The van der Waals surface area contributed by atoms with Crippen molar-refractivity contribution in [3.05, 3.63) is 23.8 Å².